The molecule has 4 saturated carbocycles. The van der Waals surface area contributed by atoms with Crippen LogP contribution in [-0.4, -0.2) is 53.7 Å². The van der Waals surface area contributed by atoms with Crippen LogP contribution < -0.4 is 16.0 Å². The minimum atomic E-state index is -0.773. The number of carbonyl (C=O) groups is 4. The van der Waals surface area contributed by atoms with Gasteiger partial charge in [0.15, 0.2) is 10.9 Å². The molecule has 46 heavy (non-hydrogen) atoms. The molecule has 256 valence electrons. The molecule has 0 spiro atoms. The van der Waals surface area contributed by atoms with E-state index in [0.717, 1.165) is 38.5 Å². The van der Waals surface area contributed by atoms with Crippen molar-refractivity contribution in [3.8, 4) is 0 Å². The van der Waals surface area contributed by atoms with Crippen LogP contribution in [0.1, 0.15) is 113 Å². The second kappa shape index (κ2) is 11.6. The maximum absolute atomic E-state index is 14.6. The number of rotatable bonds is 6. The highest BCUT2D eigenvalue weighted by atomic mass is 32.1. The van der Waals surface area contributed by atoms with Gasteiger partial charge < -0.3 is 25.8 Å². The molecule has 5 rings (SSSR count). The molecule has 0 saturated heterocycles. The van der Waals surface area contributed by atoms with Crippen molar-refractivity contribution in [2.24, 2.45) is 50.2 Å². The van der Waals surface area contributed by atoms with Gasteiger partial charge in [0, 0.05) is 18.4 Å². The van der Waals surface area contributed by atoms with Crippen LogP contribution in [-0.2, 0) is 23.9 Å². The molecule has 0 bridgehead atoms. The molecular weight excluding hydrogens is 602 g/mol. The second-order valence-electron chi connectivity index (χ2n) is 17.1. The van der Waals surface area contributed by atoms with Gasteiger partial charge >= 0.3 is 11.9 Å². The number of ketones is 1. The van der Waals surface area contributed by atoms with Gasteiger partial charge in [0.2, 0.25) is 5.91 Å². The molecule has 0 aromatic carbocycles. The Morgan fingerprint density at radius 1 is 0.957 bits per heavy atom. The standard InChI is InChI=1S/C36H55N3O6S/c1-31(2)24-9-12-36(7)28(34(24,5)11-10-25(31)45-27(42)18-26(41)38-20-39-30(46)37-8)23(40)17-21-22-19-33(4,29(43)44)14-13-32(22,3)15-16-35(21,36)6/h17,22,24-25,28H,9-16,18-20H2,1-8H3,(H,38,41)(H,43,44)(H2,37,39,46). The van der Waals surface area contributed by atoms with Gasteiger partial charge in [-0.05, 0) is 117 Å². The number of hydrogen-bond acceptors (Lipinski definition) is 6. The maximum atomic E-state index is 14.6. The maximum Gasteiger partial charge on any atom is 0.315 e. The van der Waals surface area contributed by atoms with E-state index in [2.05, 4.69) is 57.5 Å². The highest BCUT2D eigenvalue weighted by Gasteiger charge is 2.70. The molecule has 9 atom stereocenters. The molecular formula is C36H55N3O6S. The molecule has 9 unspecified atom stereocenters. The number of esters is 1. The molecule has 0 radical (unpaired) electrons. The van der Waals surface area contributed by atoms with Crippen molar-refractivity contribution in [3.63, 3.8) is 0 Å². The largest absolute Gasteiger partial charge is 0.481 e. The number of thiocarbonyl (C=S) groups is 1. The predicted molar refractivity (Wildman–Crippen MR) is 179 cm³/mol. The second-order valence-corrected chi connectivity index (χ2v) is 17.5. The average Bonchev–Trinajstić information content (AvgIpc) is 2.96. The number of ether oxygens (including phenoxy) is 1. The minimum Gasteiger partial charge on any atom is -0.481 e. The first-order chi connectivity index (χ1) is 21.3. The molecule has 0 aliphatic heterocycles. The van der Waals surface area contributed by atoms with Crippen LogP contribution in [0, 0.1) is 50.2 Å². The molecule has 1 amide bonds. The zero-order valence-corrected chi connectivity index (χ0v) is 29.9. The van der Waals surface area contributed by atoms with Crippen LogP contribution in [0.15, 0.2) is 11.6 Å². The van der Waals surface area contributed by atoms with E-state index in [-0.39, 0.29) is 69.8 Å². The average molecular weight is 658 g/mol. The minimum absolute atomic E-state index is 0.0156. The first-order valence-corrected chi connectivity index (χ1v) is 17.6. The summed E-state index contributed by atoms with van der Waals surface area (Å²) in [5, 5.41) is 18.8. The number of hydrogen-bond donors (Lipinski definition) is 4. The van der Waals surface area contributed by atoms with Crippen molar-refractivity contribution >= 4 is 41.0 Å². The monoisotopic (exact) mass is 657 g/mol. The molecule has 4 fully saturated rings. The summed E-state index contributed by atoms with van der Waals surface area (Å²) in [5.74, 6) is -1.42. The molecule has 5 aliphatic rings. The number of allylic oxidation sites excluding steroid dienone is 2. The van der Waals surface area contributed by atoms with Crippen LogP contribution >= 0.6 is 12.2 Å². The van der Waals surface area contributed by atoms with Crippen molar-refractivity contribution in [2.45, 2.75) is 119 Å². The van der Waals surface area contributed by atoms with Gasteiger partial charge in [0.25, 0.3) is 0 Å². The zero-order valence-electron chi connectivity index (χ0n) is 29.1. The van der Waals surface area contributed by atoms with Gasteiger partial charge in [-0.25, -0.2) is 0 Å². The summed E-state index contributed by atoms with van der Waals surface area (Å²) in [5.41, 5.74) is -0.648. The Hall–Kier alpha value is -2.49. The van der Waals surface area contributed by atoms with E-state index in [0.29, 0.717) is 24.4 Å². The number of carboxylic acid groups (broad SMARTS) is 1. The number of carboxylic acids is 1. The van der Waals surface area contributed by atoms with Crippen molar-refractivity contribution in [2.75, 3.05) is 13.7 Å². The van der Waals surface area contributed by atoms with Crippen LogP contribution in [0.4, 0.5) is 0 Å². The highest BCUT2D eigenvalue weighted by molar-refractivity contribution is 7.80. The molecule has 4 N–H and O–H groups in total. The van der Waals surface area contributed by atoms with E-state index < -0.39 is 23.3 Å². The lowest BCUT2D eigenvalue weighted by molar-refractivity contribution is -0.211. The Balaban J connectivity index is 1.37. The van der Waals surface area contributed by atoms with Crippen molar-refractivity contribution in [3.05, 3.63) is 11.6 Å². The van der Waals surface area contributed by atoms with Crippen LogP contribution in [0.5, 0.6) is 0 Å². The molecule has 10 heteroatoms. The van der Waals surface area contributed by atoms with Gasteiger partial charge in [-0.2, -0.15) is 0 Å². The Kier molecular flexibility index (Phi) is 8.77. The third kappa shape index (κ3) is 5.29. The van der Waals surface area contributed by atoms with Crippen LogP contribution in [0.2, 0.25) is 0 Å². The highest BCUT2D eigenvalue weighted by Crippen LogP contribution is 2.75. The van der Waals surface area contributed by atoms with E-state index in [1.54, 1.807) is 7.05 Å². The number of amides is 1. The van der Waals surface area contributed by atoms with Gasteiger partial charge in [-0.15, -0.1) is 0 Å². The van der Waals surface area contributed by atoms with Crippen molar-refractivity contribution in [1.82, 2.24) is 16.0 Å². The topological polar surface area (TPSA) is 134 Å². The smallest absolute Gasteiger partial charge is 0.315 e. The molecule has 0 aromatic heterocycles. The van der Waals surface area contributed by atoms with Gasteiger partial charge in [-0.1, -0.05) is 47.1 Å². The summed E-state index contributed by atoms with van der Waals surface area (Å²) >= 11 is 5.00. The summed E-state index contributed by atoms with van der Waals surface area (Å²) in [6.07, 6.45) is 8.68. The fourth-order valence-corrected chi connectivity index (χ4v) is 11.3. The fraction of sp³-hybridized carbons (Fsp3) is 0.806. The van der Waals surface area contributed by atoms with Gasteiger partial charge in [-0.3, -0.25) is 19.2 Å². The Bertz CT molecular complexity index is 1360. The van der Waals surface area contributed by atoms with Gasteiger partial charge in [0.05, 0.1) is 12.1 Å². The summed E-state index contributed by atoms with van der Waals surface area (Å²) in [6.45, 7) is 15.7. The normalized spacial score (nSPS) is 42.5. The first-order valence-electron chi connectivity index (χ1n) is 17.2. The first kappa shape index (κ1) is 34.8. The van der Waals surface area contributed by atoms with Gasteiger partial charge in [0.1, 0.15) is 12.5 Å². The van der Waals surface area contributed by atoms with Crippen LogP contribution in [0.25, 0.3) is 0 Å². The summed E-state index contributed by atoms with van der Waals surface area (Å²) in [7, 11) is 1.68. The number of nitrogens with one attached hydrogen (secondary N) is 3. The third-order valence-electron chi connectivity index (χ3n) is 14.4. The third-order valence-corrected chi connectivity index (χ3v) is 14.7. The SMILES string of the molecule is CNC(=S)NCNC(=O)CC(=O)OC1CCC2(C)C(CCC3(C)C2C(=O)C=C2C4CC(C)(C(=O)O)CCC4(C)CCC23C)C1(C)C. The van der Waals surface area contributed by atoms with Crippen molar-refractivity contribution in [1.29, 1.82) is 0 Å². The van der Waals surface area contributed by atoms with E-state index in [1.165, 1.54) is 5.57 Å². The number of aliphatic carboxylic acids is 1. The molecule has 9 nitrogen and oxygen atoms in total. The molecule has 5 aliphatic carbocycles. The Morgan fingerprint density at radius 3 is 2.28 bits per heavy atom. The van der Waals surface area contributed by atoms with E-state index in [1.807, 2.05) is 13.0 Å². The summed E-state index contributed by atoms with van der Waals surface area (Å²) in [4.78, 5) is 52.2. The molecule has 0 aromatic rings. The molecule has 0 heterocycles. The fourth-order valence-electron chi connectivity index (χ4n) is 11.3. The summed E-state index contributed by atoms with van der Waals surface area (Å²) < 4.78 is 6.02. The lowest BCUT2D eigenvalue weighted by Gasteiger charge is -2.70. The van der Waals surface area contributed by atoms with Crippen LogP contribution in [0.3, 0.4) is 0 Å². The number of fused-ring (bicyclic) bond motifs is 7. The quantitative estimate of drug-likeness (QED) is 0.126. The lowest BCUT2D eigenvalue weighted by Crippen LogP contribution is -2.66. The Labute approximate surface area is 279 Å². The van der Waals surface area contributed by atoms with E-state index >= 15 is 0 Å². The lowest BCUT2D eigenvalue weighted by atomic mass is 9.33. The van der Waals surface area contributed by atoms with E-state index in [9.17, 15) is 24.3 Å². The zero-order chi connectivity index (χ0) is 34.1. The Morgan fingerprint density at radius 2 is 1.63 bits per heavy atom. The van der Waals surface area contributed by atoms with E-state index in [4.69, 9.17) is 17.0 Å². The number of carbonyl (C=O) groups excluding carboxylic acids is 3. The predicted octanol–water partition coefficient (Wildman–Crippen LogP) is 5.52. The van der Waals surface area contributed by atoms with Crippen molar-refractivity contribution < 1.29 is 29.0 Å². The summed E-state index contributed by atoms with van der Waals surface area (Å²) in [6, 6.07) is 0.